The van der Waals surface area contributed by atoms with Crippen LogP contribution in [0, 0.1) is 5.41 Å². The maximum absolute atomic E-state index is 12.5. The van der Waals surface area contributed by atoms with Gasteiger partial charge in [0.05, 0.1) is 12.0 Å². The molecule has 2 fully saturated rings. The van der Waals surface area contributed by atoms with Crippen LogP contribution in [-0.2, 0) is 14.3 Å². The summed E-state index contributed by atoms with van der Waals surface area (Å²) in [5.41, 5.74) is -0.450. The third-order valence-electron chi connectivity index (χ3n) is 4.42. The molecule has 0 radical (unpaired) electrons. The summed E-state index contributed by atoms with van der Waals surface area (Å²) in [5, 5.41) is 3.08. The summed E-state index contributed by atoms with van der Waals surface area (Å²) in [7, 11) is 0. The van der Waals surface area contributed by atoms with E-state index < -0.39 is 5.41 Å². The second-order valence-corrected chi connectivity index (χ2v) is 8.66. The molecule has 132 valence electrons. The van der Waals surface area contributed by atoms with Gasteiger partial charge in [0.2, 0.25) is 11.8 Å². The molecule has 5 nitrogen and oxygen atoms in total. The summed E-state index contributed by atoms with van der Waals surface area (Å²) in [5.74, 6) is 1.33. The average molecular weight is 343 g/mol. The summed E-state index contributed by atoms with van der Waals surface area (Å²) in [6.45, 7) is 8.60. The van der Waals surface area contributed by atoms with E-state index in [0.29, 0.717) is 17.7 Å². The Kier molecular flexibility index (Phi) is 6.37. The van der Waals surface area contributed by atoms with Gasteiger partial charge in [-0.2, -0.15) is 0 Å². The lowest BCUT2D eigenvalue weighted by Gasteiger charge is -2.30. The molecule has 0 aromatic rings. The Morgan fingerprint density at radius 3 is 2.74 bits per heavy atom. The van der Waals surface area contributed by atoms with Crippen LogP contribution >= 0.6 is 11.8 Å². The summed E-state index contributed by atoms with van der Waals surface area (Å²) >= 11 is 1.65. The quantitative estimate of drug-likeness (QED) is 0.833. The molecule has 0 aromatic carbocycles. The van der Waals surface area contributed by atoms with Gasteiger partial charge in [0.1, 0.15) is 6.04 Å². The van der Waals surface area contributed by atoms with Crippen molar-refractivity contribution in [1.82, 2.24) is 10.2 Å². The van der Waals surface area contributed by atoms with E-state index in [2.05, 4.69) is 5.32 Å². The molecule has 2 rings (SSSR count). The van der Waals surface area contributed by atoms with E-state index in [1.165, 1.54) is 0 Å². The van der Waals surface area contributed by atoms with Gasteiger partial charge >= 0.3 is 0 Å². The molecule has 0 spiro atoms. The number of hydrogen-bond donors (Lipinski definition) is 1. The number of hydrogen-bond acceptors (Lipinski definition) is 4. The van der Waals surface area contributed by atoms with Crippen molar-refractivity contribution in [2.75, 3.05) is 18.2 Å². The first-order valence-corrected chi connectivity index (χ1v) is 9.75. The van der Waals surface area contributed by atoms with Gasteiger partial charge in [-0.3, -0.25) is 9.59 Å². The van der Waals surface area contributed by atoms with Crippen LogP contribution in [0.4, 0.5) is 0 Å². The molecule has 2 amide bonds. The molecule has 1 N–H and O–H groups in total. The smallest absolute Gasteiger partial charge is 0.243 e. The van der Waals surface area contributed by atoms with Crippen molar-refractivity contribution in [1.29, 1.82) is 0 Å². The second-order valence-electron chi connectivity index (χ2n) is 7.66. The van der Waals surface area contributed by atoms with Crippen LogP contribution in [0.25, 0.3) is 0 Å². The van der Waals surface area contributed by atoms with Crippen LogP contribution in [0.1, 0.15) is 53.4 Å². The van der Waals surface area contributed by atoms with Crippen molar-refractivity contribution in [2.45, 2.75) is 71.6 Å². The summed E-state index contributed by atoms with van der Waals surface area (Å²) < 4.78 is 5.63. The van der Waals surface area contributed by atoms with E-state index in [1.807, 2.05) is 27.7 Å². The van der Waals surface area contributed by atoms with Gasteiger partial charge in [-0.25, -0.2) is 0 Å². The highest BCUT2D eigenvalue weighted by Gasteiger charge is 2.39. The minimum Gasteiger partial charge on any atom is -0.378 e. The summed E-state index contributed by atoms with van der Waals surface area (Å²) in [6.07, 6.45) is 4.55. The monoisotopic (exact) mass is 342 g/mol. The van der Waals surface area contributed by atoms with E-state index in [-0.39, 0.29) is 23.9 Å². The fourth-order valence-electron chi connectivity index (χ4n) is 3.01. The lowest BCUT2D eigenvalue weighted by Crippen LogP contribution is -2.51. The molecule has 0 bridgehead atoms. The largest absolute Gasteiger partial charge is 0.378 e. The zero-order valence-electron chi connectivity index (χ0n) is 14.8. The molecule has 2 aliphatic heterocycles. The topological polar surface area (TPSA) is 58.6 Å². The van der Waals surface area contributed by atoms with Crippen molar-refractivity contribution < 1.29 is 14.3 Å². The number of carbonyl (C=O) groups is 2. The SMILES string of the molecule is C[C@H](CC[C@H]1CCCO1)NC(=O)[C@H]1CSCN1C(=O)C(C)(C)C. The molecule has 23 heavy (non-hydrogen) atoms. The first kappa shape index (κ1) is 18.6. The van der Waals surface area contributed by atoms with E-state index in [1.54, 1.807) is 16.7 Å². The first-order valence-electron chi connectivity index (χ1n) is 8.60. The molecule has 2 heterocycles. The Morgan fingerprint density at radius 1 is 1.39 bits per heavy atom. The highest BCUT2D eigenvalue weighted by Crippen LogP contribution is 2.27. The number of carbonyl (C=O) groups excluding carboxylic acids is 2. The number of ether oxygens (including phenoxy) is 1. The molecular formula is C17H30N2O3S. The van der Waals surface area contributed by atoms with Gasteiger partial charge < -0.3 is 15.0 Å². The zero-order chi connectivity index (χ0) is 17.0. The van der Waals surface area contributed by atoms with Crippen LogP contribution in [0.2, 0.25) is 0 Å². The molecule has 6 heteroatoms. The van der Waals surface area contributed by atoms with Crippen LogP contribution in [-0.4, -0.2) is 53.1 Å². The predicted molar refractivity (Wildman–Crippen MR) is 93.2 cm³/mol. The van der Waals surface area contributed by atoms with Gasteiger partial charge in [-0.05, 0) is 32.6 Å². The van der Waals surface area contributed by atoms with Gasteiger partial charge in [-0.15, -0.1) is 11.8 Å². The van der Waals surface area contributed by atoms with Crippen molar-refractivity contribution in [3.8, 4) is 0 Å². The minimum atomic E-state index is -0.450. The Balaban J connectivity index is 1.82. The second kappa shape index (κ2) is 7.88. The van der Waals surface area contributed by atoms with Gasteiger partial charge in [0, 0.05) is 23.8 Å². The van der Waals surface area contributed by atoms with Crippen LogP contribution in [0.15, 0.2) is 0 Å². The zero-order valence-corrected chi connectivity index (χ0v) is 15.6. The average Bonchev–Trinajstić information content (AvgIpc) is 3.14. The maximum atomic E-state index is 12.5. The summed E-state index contributed by atoms with van der Waals surface area (Å²) in [6, 6.07) is -0.221. The number of thioether (sulfide) groups is 1. The normalized spacial score (nSPS) is 26.3. The molecule has 0 aromatic heterocycles. The minimum absolute atomic E-state index is 0.0209. The molecule has 0 unspecified atom stereocenters. The molecular weight excluding hydrogens is 312 g/mol. The number of nitrogens with zero attached hydrogens (tertiary/aromatic N) is 1. The van der Waals surface area contributed by atoms with Crippen LogP contribution < -0.4 is 5.32 Å². The predicted octanol–water partition coefficient (Wildman–Crippen LogP) is 2.40. The Bertz CT molecular complexity index is 430. The maximum Gasteiger partial charge on any atom is 0.243 e. The van der Waals surface area contributed by atoms with Crippen molar-refractivity contribution in [2.24, 2.45) is 5.41 Å². The van der Waals surface area contributed by atoms with Gasteiger partial charge in [0.15, 0.2) is 0 Å². The Morgan fingerprint density at radius 2 is 2.13 bits per heavy atom. The summed E-state index contributed by atoms with van der Waals surface area (Å²) in [4.78, 5) is 26.8. The highest BCUT2D eigenvalue weighted by atomic mass is 32.2. The molecule has 2 saturated heterocycles. The number of nitrogens with one attached hydrogen (secondary N) is 1. The fraction of sp³-hybridized carbons (Fsp3) is 0.882. The Hall–Kier alpha value is -0.750. The van der Waals surface area contributed by atoms with E-state index >= 15 is 0 Å². The number of rotatable bonds is 5. The first-order chi connectivity index (χ1) is 10.8. The third kappa shape index (κ3) is 5.11. The van der Waals surface area contributed by atoms with Gasteiger partial charge in [-0.1, -0.05) is 20.8 Å². The van der Waals surface area contributed by atoms with Crippen LogP contribution in [0.3, 0.4) is 0 Å². The molecule has 0 saturated carbocycles. The van der Waals surface area contributed by atoms with Crippen molar-refractivity contribution in [3.05, 3.63) is 0 Å². The molecule has 2 aliphatic rings. The molecule has 0 aliphatic carbocycles. The third-order valence-corrected chi connectivity index (χ3v) is 5.43. The van der Waals surface area contributed by atoms with Crippen LogP contribution in [0.5, 0.6) is 0 Å². The Labute approximate surface area is 143 Å². The standard InChI is InChI=1S/C17H30N2O3S/c1-12(7-8-13-6-5-9-22-13)18-15(20)14-10-23-11-19(14)16(21)17(2,3)4/h12-14H,5-11H2,1-4H3,(H,18,20)/t12-,13-,14-/m1/s1. The van der Waals surface area contributed by atoms with Crippen molar-refractivity contribution in [3.63, 3.8) is 0 Å². The lowest BCUT2D eigenvalue weighted by molar-refractivity contribution is -0.144. The van der Waals surface area contributed by atoms with E-state index in [0.717, 1.165) is 32.3 Å². The van der Waals surface area contributed by atoms with E-state index in [4.69, 9.17) is 4.74 Å². The van der Waals surface area contributed by atoms with E-state index in [9.17, 15) is 9.59 Å². The van der Waals surface area contributed by atoms with Gasteiger partial charge in [0.25, 0.3) is 0 Å². The highest BCUT2D eigenvalue weighted by molar-refractivity contribution is 7.99. The lowest BCUT2D eigenvalue weighted by atomic mass is 9.94. The fourth-order valence-corrected chi connectivity index (χ4v) is 4.16. The molecule has 3 atom stereocenters. The number of amides is 2. The van der Waals surface area contributed by atoms with Crippen molar-refractivity contribution >= 4 is 23.6 Å².